The Balaban J connectivity index is 1.57. The van der Waals surface area contributed by atoms with Crippen molar-refractivity contribution in [2.24, 2.45) is 0 Å². The number of hydrogen-bond acceptors (Lipinski definition) is 7. The number of fused-ring (bicyclic) bond motifs is 1. The van der Waals surface area contributed by atoms with Gasteiger partial charge in [-0.15, -0.1) is 0 Å². The molecule has 0 saturated heterocycles. The predicted octanol–water partition coefficient (Wildman–Crippen LogP) is 3.06. The van der Waals surface area contributed by atoms with Gasteiger partial charge in [0.15, 0.2) is 5.65 Å². The number of nitrogens with zero attached hydrogens (tertiary/aromatic N) is 8. The molecule has 10 heteroatoms. The molecule has 4 rings (SSSR count). The fraction of sp³-hybridized carbons (Fsp3) is 0.348. The summed E-state index contributed by atoms with van der Waals surface area (Å²) in [5.74, 6) is 0.741. The number of amides is 1. The molecule has 168 valence electrons. The second-order valence-electron chi connectivity index (χ2n) is 8.84. The van der Waals surface area contributed by atoms with Gasteiger partial charge in [-0.1, -0.05) is 20.8 Å². The Labute approximate surface area is 191 Å². The van der Waals surface area contributed by atoms with E-state index in [4.69, 9.17) is 0 Å². The SMILES string of the molecule is Cc1nc2c(C#N)cnn2c(C)c1CCC(=O)Nc1cc(C(C)(C)C)nn1-c1ncccn1. The first-order chi connectivity index (χ1) is 15.7. The van der Waals surface area contributed by atoms with Crippen LogP contribution in [0.25, 0.3) is 11.6 Å². The lowest BCUT2D eigenvalue weighted by Gasteiger charge is -2.13. The third-order valence-corrected chi connectivity index (χ3v) is 5.42. The summed E-state index contributed by atoms with van der Waals surface area (Å²) in [4.78, 5) is 25.9. The zero-order valence-corrected chi connectivity index (χ0v) is 19.3. The molecule has 0 aliphatic carbocycles. The van der Waals surface area contributed by atoms with Gasteiger partial charge in [0.05, 0.1) is 11.9 Å². The van der Waals surface area contributed by atoms with Crippen LogP contribution in [0.5, 0.6) is 0 Å². The van der Waals surface area contributed by atoms with Crippen molar-refractivity contribution in [1.29, 1.82) is 5.26 Å². The van der Waals surface area contributed by atoms with Crippen LogP contribution in [0.2, 0.25) is 0 Å². The molecule has 4 aromatic heterocycles. The van der Waals surface area contributed by atoms with Gasteiger partial charge < -0.3 is 5.32 Å². The van der Waals surface area contributed by atoms with E-state index in [1.165, 1.54) is 6.20 Å². The number of aryl methyl sites for hydroxylation is 2. The summed E-state index contributed by atoms with van der Waals surface area (Å²) >= 11 is 0. The summed E-state index contributed by atoms with van der Waals surface area (Å²) < 4.78 is 3.20. The summed E-state index contributed by atoms with van der Waals surface area (Å²) in [5, 5.41) is 21.1. The van der Waals surface area contributed by atoms with E-state index in [9.17, 15) is 10.1 Å². The maximum absolute atomic E-state index is 12.9. The van der Waals surface area contributed by atoms with Gasteiger partial charge in [0.1, 0.15) is 17.5 Å². The van der Waals surface area contributed by atoms with E-state index >= 15 is 0 Å². The van der Waals surface area contributed by atoms with Crippen LogP contribution in [0.1, 0.15) is 55.4 Å². The van der Waals surface area contributed by atoms with E-state index in [2.05, 4.69) is 57.3 Å². The lowest BCUT2D eigenvalue weighted by Crippen LogP contribution is -2.17. The second kappa shape index (κ2) is 8.43. The van der Waals surface area contributed by atoms with Crippen molar-refractivity contribution in [3.8, 4) is 12.0 Å². The summed E-state index contributed by atoms with van der Waals surface area (Å²) in [6.45, 7) is 9.96. The molecular weight excluding hydrogens is 418 g/mol. The van der Waals surface area contributed by atoms with Crippen molar-refractivity contribution >= 4 is 17.4 Å². The molecule has 33 heavy (non-hydrogen) atoms. The highest BCUT2D eigenvalue weighted by atomic mass is 16.1. The number of rotatable bonds is 5. The Morgan fingerprint density at radius 2 is 1.94 bits per heavy atom. The molecule has 0 fully saturated rings. The number of hydrogen-bond donors (Lipinski definition) is 1. The summed E-state index contributed by atoms with van der Waals surface area (Å²) in [7, 11) is 0. The Bertz CT molecular complexity index is 1370. The van der Waals surface area contributed by atoms with E-state index in [0.29, 0.717) is 29.4 Å². The molecule has 1 amide bonds. The molecule has 4 aromatic rings. The van der Waals surface area contributed by atoms with Crippen LogP contribution in [0.3, 0.4) is 0 Å². The lowest BCUT2D eigenvalue weighted by molar-refractivity contribution is -0.116. The largest absolute Gasteiger partial charge is 0.310 e. The minimum absolute atomic E-state index is 0.162. The Morgan fingerprint density at radius 1 is 1.21 bits per heavy atom. The Hall–Kier alpha value is -4.13. The molecular formula is C23H25N9O. The van der Waals surface area contributed by atoms with Crippen LogP contribution in [0.4, 0.5) is 5.82 Å². The fourth-order valence-electron chi connectivity index (χ4n) is 3.59. The minimum atomic E-state index is -0.207. The number of anilines is 1. The first-order valence-electron chi connectivity index (χ1n) is 10.6. The van der Waals surface area contributed by atoms with E-state index in [0.717, 1.165) is 22.6 Å². The molecule has 4 heterocycles. The van der Waals surface area contributed by atoms with Crippen LogP contribution in [-0.2, 0) is 16.6 Å². The second-order valence-corrected chi connectivity index (χ2v) is 8.84. The maximum Gasteiger partial charge on any atom is 0.252 e. The molecule has 0 saturated carbocycles. The third-order valence-electron chi connectivity index (χ3n) is 5.42. The number of carbonyl (C=O) groups excluding carboxylic acids is 1. The summed E-state index contributed by atoms with van der Waals surface area (Å²) in [6.07, 6.45) is 5.50. The molecule has 0 unspecified atom stereocenters. The average Bonchev–Trinajstić information content (AvgIpc) is 3.38. The first kappa shape index (κ1) is 22.1. The molecule has 0 bridgehead atoms. The topological polar surface area (TPSA) is 127 Å². The van der Waals surface area contributed by atoms with Gasteiger partial charge in [0.25, 0.3) is 5.95 Å². The highest BCUT2D eigenvalue weighted by Crippen LogP contribution is 2.25. The molecule has 0 aliphatic heterocycles. The summed E-state index contributed by atoms with van der Waals surface area (Å²) in [5.41, 5.74) is 4.14. The van der Waals surface area contributed by atoms with Crippen molar-refractivity contribution in [2.75, 3.05) is 5.32 Å². The number of nitriles is 1. The standard InChI is InChI=1S/C23H25N9O/c1-14-17(15(2)31-21(28-14)16(12-24)13-27-31)7-8-20(33)29-19-11-18(23(3,4)5)30-32(19)22-25-9-6-10-26-22/h6,9-11,13H,7-8H2,1-5H3,(H,29,33). The smallest absolute Gasteiger partial charge is 0.252 e. The molecule has 10 nitrogen and oxygen atoms in total. The zero-order chi connectivity index (χ0) is 23.8. The third kappa shape index (κ3) is 4.30. The van der Waals surface area contributed by atoms with Crippen molar-refractivity contribution < 1.29 is 4.79 Å². The van der Waals surface area contributed by atoms with Gasteiger partial charge in [-0.25, -0.2) is 19.5 Å². The van der Waals surface area contributed by atoms with Gasteiger partial charge >= 0.3 is 0 Å². The monoisotopic (exact) mass is 443 g/mol. The predicted molar refractivity (Wildman–Crippen MR) is 122 cm³/mol. The molecule has 1 N–H and O–H groups in total. The Kier molecular flexibility index (Phi) is 5.64. The van der Waals surface area contributed by atoms with Crippen LogP contribution >= 0.6 is 0 Å². The van der Waals surface area contributed by atoms with E-state index < -0.39 is 0 Å². The van der Waals surface area contributed by atoms with Crippen LogP contribution < -0.4 is 5.32 Å². The molecule has 0 aromatic carbocycles. The number of carbonyl (C=O) groups is 1. The first-order valence-corrected chi connectivity index (χ1v) is 10.6. The van der Waals surface area contributed by atoms with Crippen molar-refractivity contribution in [3.05, 3.63) is 58.9 Å². The summed E-state index contributed by atoms with van der Waals surface area (Å²) in [6, 6.07) is 5.68. The zero-order valence-electron chi connectivity index (χ0n) is 19.3. The highest BCUT2D eigenvalue weighted by molar-refractivity contribution is 5.90. The van der Waals surface area contributed by atoms with Gasteiger partial charge in [-0.05, 0) is 31.9 Å². The lowest BCUT2D eigenvalue weighted by atomic mass is 9.92. The maximum atomic E-state index is 12.9. The molecule has 0 spiro atoms. The molecule has 0 atom stereocenters. The van der Waals surface area contributed by atoms with Crippen molar-refractivity contribution in [2.45, 2.75) is 52.9 Å². The van der Waals surface area contributed by atoms with Gasteiger partial charge in [-0.3, -0.25) is 4.79 Å². The number of aromatic nitrogens is 7. The molecule has 0 aliphatic rings. The molecule has 0 radical (unpaired) electrons. The Morgan fingerprint density at radius 3 is 2.61 bits per heavy atom. The highest BCUT2D eigenvalue weighted by Gasteiger charge is 2.22. The normalized spacial score (nSPS) is 11.5. The van der Waals surface area contributed by atoms with Gasteiger partial charge in [0, 0.05) is 41.7 Å². The quantitative estimate of drug-likeness (QED) is 0.502. The van der Waals surface area contributed by atoms with Crippen LogP contribution in [0, 0.1) is 25.2 Å². The van der Waals surface area contributed by atoms with E-state index in [-0.39, 0.29) is 17.7 Å². The minimum Gasteiger partial charge on any atom is -0.310 e. The average molecular weight is 444 g/mol. The van der Waals surface area contributed by atoms with Gasteiger partial charge in [-0.2, -0.15) is 20.1 Å². The van der Waals surface area contributed by atoms with E-state index in [1.54, 1.807) is 27.7 Å². The van der Waals surface area contributed by atoms with Gasteiger partial charge in [0.2, 0.25) is 5.91 Å². The van der Waals surface area contributed by atoms with E-state index in [1.807, 2.05) is 19.9 Å². The van der Waals surface area contributed by atoms with Crippen LogP contribution in [-0.4, -0.2) is 40.3 Å². The van der Waals surface area contributed by atoms with Crippen LogP contribution in [0.15, 0.2) is 30.7 Å². The van der Waals surface area contributed by atoms with Crippen molar-refractivity contribution in [3.63, 3.8) is 0 Å². The van der Waals surface area contributed by atoms with Crippen molar-refractivity contribution in [1.82, 2.24) is 34.3 Å². The fourth-order valence-corrected chi connectivity index (χ4v) is 3.59. The number of nitrogens with one attached hydrogen (secondary N) is 1.